The van der Waals surface area contributed by atoms with Crippen molar-refractivity contribution >= 4 is 21.7 Å². The summed E-state index contributed by atoms with van der Waals surface area (Å²) in [6, 6.07) is 5.83. The van der Waals surface area contributed by atoms with E-state index in [1.165, 1.54) is 18.2 Å². The number of carbonyl (C=O) groups is 2. The quantitative estimate of drug-likeness (QED) is 0.814. The molecule has 3 N–H and O–H groups in total. The first-order valence-corrected chi connectivity index (χ1v) is 9.47. The van der Waals surface area contributed by atoms with Gasteiger partial charge in [0.15, 0.2) is 11.5 Å². The molecule has 2 aliphatic rings. The first kappa shape index (κ1) is 18.1. The maximum Gasteiger partial charge on any atom is 0.286 e. The Morgan fingerprint density at radius 1 is 1.27 bits per heavy atom. The van der Waals surface area contributed by atoms with Crippen molar-refractivity contribution in [1.82, 2.24) is 5.32 Å². The van der Waals surface area contributed by atoms with Crippen LogP contribution in [0.3, 0.4) is 0 Å². The van der Waals surface area contributed by atoms with Crippen molar-refractivity contribution in [3.63, 3.8) is 0 Å². The lowest BCUT2D eigenvalue weighted by Crippen LogP contribution is -2.37. The monoisotopic (exact) mass is 374 g/mol. The molecule has 1 aliphatic heterocycles. The SMILES string of the molecule is CC1=C[C@@H]2C(=O)C=C(C(=O)NCc3ccc(S(N)(=O)=O)cc3)O[C@H]2C=C1. The average molecular weight is 374 g/mol. The third-order valence-corrected chi connectivity index (χ3v) is 5.07. The summed E-state index contributed by atoms with van der Waals surface area (Å²) in [5.41, 5.74) is 1.66. The van der Waals surface area contributed by atoms with E-state index in [9.17, 15) is 18.0 Å². The highest BCUT2D eigenvalue weighted by atomic mass is 32.2. The number of hydrogen-bond donors (Lipinski definition) is 2. The van der Waals surface area contributed by atoms with Crippen LogP contribution in [0.4, 0.5) is 0 Å². The van der Waals surface area contributed by atoms with Gasteiger partial charge in [-0.15, -0.1) is 0 Å². The third-order valence-electron chi connectivity index (χ3n) is 4.14. The summed E-state index contributed by atoms with van der Waals surface area (Å²) in [6.45, 7) is 2.05. The van der Waals surface area contributed by atoms with Crippen LogP contribution in [-0.2, 0) is 30.9 Å². The topological polar surface area (TPSA) is 116 Å². The second-order valence-corrected chi connectivity index (χ2v) is 7.72. The molecule has 26 heavy (non-hydrogen) atoms. The molecule has 136 valence electrons. The molecule has 1 aromatic rings. The zero-order valence-corrected chi connectivity index (χ0v) is 14.8. The maximum absolute atomic E-state index is 12.3. The van der Waals surface area contributed by atoms with E-state index >= 15 is 0 Å². The van der Waals surface area contributed by atoms with Crippen LogP contribution in [0.5, 0.6) is 0 Å². The predicted octanol–water partition coefficient (Wildman–Crippen LogP) is 0.934. The molecule has 0 spiro atoms. The number of allylic oxidation sites excluding steroid dienone is 3. The Hall–Kier alpha value is -2.71. The van der Waals surface area contributed by atoms with E-state index in [0.717, 1.165) is 5.57 Å². The van der Waals surface area contributed by atoms with Crippen LogP contribution in [0.2, 0.25) is 0 Å². The van der Waals surface area contributed by atoms with E-state index in [1.54, 1.807) is 18.2 Å². The first-order chi connectivity index (χ1) is 12.2. The van der Waals surface area contributed by atoms with Crippen molar-refractivity contribution in [2.24, 2.45) is 11.1 Å². The van der Waals surface area contributed by atoms with Crippen LogP contribution < -0.4 is 10.5 Å². The molecule has 1 aliphatic carbocycles. The second kappa shape index (κ2) is 6.89. The maximum atomic E-state index is 12.3. The van der Waals surface area contributed by atoms with Gasteiger partial charge in [0, 0.05) is 12.6 Å². The molecular formula is C18H18N2O5S. The van der Waals surface area contributed by atoms with Crippen molar-refractivity contribution in [3.8, 4) is 0 Å². The highest BCUT2D eigenvalue weighted by Crippen LogP contribution is 2.27. The van der Waals surface area contributed by atoms with Gasteiger partial charge in [0.05, 0.1) is 10.8 Å². The van der Waals surface area contributed by atoms with Crippen LogP contribution in [0, 0.1) is 5.92 Å². The molecule has 0 saturated carbocycles. The average Bonchev–Trinajstić information content (AvgIpc) is 2.59. The normalized spacial score (nSPS) is 22.0. The van der Waals surface area contributed by atoms with E-state index in [-0.39, 0.29) is 23.0 Å². The number of rotatable bonds is 4. The molecule has 7 nitrogen and oxygen atoms in total. The van der Waals surface area contributed by atoms with Crippen LogP contribution in [0.1, 0.15) is 12.5 Å². The molecule has 0 bridgehead atoms. The number of primary sulfonamides is 1. The lowest BCUT2D eigenvalue weighted by Gasteiger charge is -2.29. The Balaban J connectivity index is 1.65. The van der Waals surface area contributed by atoms with Gasteiger partial charge in [-0.05, 0) is 30.7 Å². The van der Waals surface area contributed by atoms with Gasteiger partial charge in [0.25, 0.3) is 5.91 Å². The van der Waals surface area contributed by atoms with Crippen LogP contribution >= 0.6 is 0 Å². The molecule has 0 aromatic heterocycles. The van der Waals surface area contributed by atoms with Crippen molar-refractivity contribution in [2.75, 3.05) is 0 Å². The van der Waals surface area contributed by atoms with Gasteiger partial charge in [0.1, 0.15) is 6.10 Å². The molecule has 8 heteroatoms. The minimum absolute atomic E-state index is 0.00466. The number of ether oxygens (including phenoxy) is 1. The van der Waals surface area contributed by atoms with Gasteiger partial charge in [-0.2, -0.15) is 0 Å². The van der Waals surface area contributed by atoms with Crippen molar-refractivity contribution in [1.29, 1.82) is 0 Å². The number of fused-ring (bicyclic) bond motifs is 1. The number of hydrogen-bond acceptors (Lipinski definition) is 5. The molecular weight excluding hydrogens is 356 g/mol. The molecule has 1 amide bonds. The molecule has 0 fully saturated rings. The van der Waals surface area contributed by atoms with Gasteiger partial charge in [0.2, 0.25) is 10.0 Å². The van der Waals surface area contributed by atoms with Crippen molar-refractivity contribution in [2.45, 2.75) is 24.5 Å². The number of ketones is 1. The van der Waals surface area contributed by atoms with Gasteiger partial charge >= 0.3 is 0 Å². The minimum atomic E-state index is -3.75. The molecule has 3 rings (SSSR count). The smallest absolute Gasteiger partial charge is 0.286 e. The van der Waals surface area contributed by atoms with Crippen LogP contribution in [-0.4, -0.2) is 26.2 Å². The summed E-state index contributed by atoms with van der Waals surface area (Å²) >= 11 is 0. The fraction of sp³-hybridized carbons (Fsp3) is 0.222. The molecule has 0 unspecified atom stereocenters. The molecule has 1 aromatic carbocycles. The van der Waals surface area contributed by atoms with E-state index in [4.69, 9.17) is 9.88 Å². The fourth-order valence-corrected chi connectivity index (χ4v) is 3.26. The lowest BCUT2D eigenvalue weighted by atomic mass is 9.88. The standard InChI is InChI=1S/C18H18N2O5S/c1-11-2-7-16-14(8-11)15(21)9-17(25-16)18(22)20-10-12-3-5-13(6-4-12)26(19,23)24/h2-9,14,16H,10H2,1H3,(H,20,22)(H2,19,23,24)/t14-,16+/m1/s1. The summed E-state index contributed by atoms with van der Waals surface area (Å²) in [5, 5.41) is 7.69. The number of nitrogens with two attached hydrogens (primary N) is 1. The Kier molecular flexibility index (Phi) is 4.80. The largest absolute Gasteiger partial charge is 0.479 e. The predicted molar refractivity (Wildman–Crippen MR) is 94.0 cm³/mol. The molecule has 1 heterocycles. The number of nitrogens with one attached hydrogen (secondary N) is 1. The second-order valence-electron chi connectivity index (χ2n) is 6.16. The van der Waals surface area contributed by atoms with Gasteiger partial charge < -0.3 is 10.1 Å². The fourth-order valence-electron chi connectivity index (χ4n) is 2.75. The Bertz CT molecular complexity index is 942. The number of sulfonamides is 1. The molecule has 0 radical (unpaired) electrons. The van der Waals surface area contributed by atoms with Crippen molar-refractivity contribution < 1.29 is 22.7 Å². The van der Waals surface area contributed by atoms with Crippen LogP contribution in [0.15, 0.2) is 64.8 Å². The summed E-state index contributed by atoms with van der Waals surface area (Å²) in [6.07, 6.45) is 6.17. The Labute approximate surface area is 151 Å². The minimum Gasteiger partial charge on any atom is -0.479 e. The highest BCUT2D eigenvalue weighted by Gasteiger charge is 2.34. The summed E-state index contributed by atoms with van der Waals surface area (Å²) in [7, 11) is -3.75. The highest BCUT2D eigenvalue weighted by molar-refractivity contribution is 7.89. The number of benzene rings is 1. The van der Waals surface area contributed by atoms with Gasteiger partial charge in [-0.1, -0.05) is 29.9 Å². The van der Waals surface area contributed by atoms with Gasteiger partial charge in [-0.3, -0.25) is 9.59 Å². The summed E-state index contributed by atoms with van der Waals surface area (Å²) in [5.74, 6) is -1.11. The van der Waals surface area contributed by atoms with Crippen LogP contribution in [0.25, 0.3) is 0 Å². The number of carbonyl (C=O) groups excluding carboxylic acids is 2. The lowest BCUT2D eigenvalue weighted by molar-refractivity contribution is -0.128. The molecule has 0 saturated heterocycles. The number of amides is 1. The summed E-state index contributed by atoms with van der Waals surface area (Å²) in [4.78, 5) is 24.5. The Morgan fingerprint density at radius 2 is 1.96 bits per heavy atom. The summed E-state index contributed by atoms with van der Waals surface area (Å²) < 4.78 is 28.1. The Morgan fingerprint density at radius 3 is 2.62 bits per heavy atom. The molecule has 2 atom stereocenters. The van der Waals surface area contributed by atoms with E-state index in [1.807, 2.05) is 19.1 Å². The van der Waals surface area contributed by atoms with E-state index in [2.05, 4.69) is 5.32 Å². The van der Waals surface area contributed by atoms with E-state index in [0.29, 0.717) is 5.56 Å². The van der Waals surface area contributed by atoms with Gasteiger partial charge in [-0.25, -0.2) is 13.6 Å². The zero-order chi connectivity index (χ0) is 18.9. The first-order valence-electron chi connectivity index (χ1n) is 7.93. The third kappa shape index (κ3) is 3.92. The zero-order valence-electron chi connectivity index (χ0n) is 14.0. The van der Waals surface area contributed by atoms with E-state index < -0.39 is 28.0 Å². The van der Waals surface area contributed by atoms with Crippen molar-refractivity contribution in [3.05, 3.63) is 65.5 Å².